The fourth-order valence-electron chi connectivity index (χ4n) is 23.5. The van der Waals surface area contributed by atoms with Gasteiger partial charge in [-0.3, -0.25) is 15.0 Å². The van der Waals surface area contributed by atoms with Crippen LogP contribution in [0.5, 0.6) is 0 Å². The first-order chi connectivity index (χ1) is 70.4. The van der Waals surface area contributed by atoms with Gasteiger partial charge in [-0.2, -0.15) is 0 Å². The highest BCUT2D eigenvalue weighted by Crippen LogP contribution is 2.52. The van der Waals surface area contributed by atoms with Crippen LogP contribution >= 0.6 is 0 Å². The summed E-state index contributed by atoms with van der Waals surface area (Å²) in [4.78, 5) is 29.7. The minimum Gasteiger partial charge on any atom is -0.254 e. The minimum absolute atomic E-state index is 0.929. The van der Waals surface area contributed by atoms with Crippen LogP contribution in [0.3, 0.4) is 0 Å². The molecule has 6 nitrogen and oxygen atoms in total. The summed E-state index contributed by atoms with van der Waals surface area (Å²) >= 11 is 0. The summed E-state index contributed by atoms with van der Waals surface area (Å²) in [5.41, 5.74) is 23.1. The van der Waals surface area contributed by atoms with Gasteiger partial charge in [0.1, 0.15) is 0 Å². The Labute approximate surface area is 814 Å². The van der Waals surface area contributed by atoms with Gasteiger partial charge in [-0.15, -0.1) is 0 Å². The van der Waals surface area contributed by atoms with Gasteiger partial charge >= 0.3 is 0 Å². The van der Waals surface area contributed by atoms with Crippen LogP contribution in [0.2, 0.25) is 0 Å². The molecule has 654 valence electrons. The van der Waals surface area contributed by atoms with E-state index >= 15 is 0 Å². The average molecular weight is 1800 g/mol. The zero-order chi connectivity index (χ0) is 93.1. The van der Waals surface area contributed by atoms with Crippen molar-refractivity contribution in [2.45, 2.75) is 0 Å². The third-order valence-electron chi connectivity index (χ3n) is 29.9. The number of pyridine rings is 6. The molecule has 0 amide bonds. The Balaban J connectivity index is 0.000000102. The van der Waals surface area contributed by atoms with Gasteiger partial charge in [-0.1, -0.05) is 382 Å². The van der Waals surface area contributed by atoms with Gasteiger partial charge in [0.05, 0.1) is 49.7 Å². The van der Waals surface area contributed by atoms with Crippen molar-refractivity contribution in [3.05, 3.63) is 486 Å². The highest BCUT2D eigenvalue weighted by molar-refractivity contribution is 6.33. The molecule has 6 aromatic heterocycles. The van der Waals surface area contributed by atoms with Crippen molar-refractivity contribution in [3.8, 4) is 66.8 Å². The van der Waals surface area contributed by atoms with E-state index in [-0.39, 0.29) is 0 Å². The van der Waals surface area contributed by atoms with Crippen molar-refractivity contribution < 1.29 is 0 Å². The zero-order valence-corrected chi connectivity index (χ0v) is 76.9. The second-order valence-electron chi connectivity index (χ2n) is 37.6. The lowest BCUT2D eigenvalue weighted by atomic mass is 9.83. The standard InChI is InChI=1S/2C48H28N2.C40H24N2/c1-2-15-33-31(13-1)32-14-3-4-16-34(32)42-28-30(24-25-35(33)42)44-36-17-5-7-19-38(36)45(39-20-8-6-18-37(39)44)46-40-21-9-10-22-43(40)50-48-41(46)26-23-29-12-11-27-49-47(29)48;1-2-11-39-37(9-1)38-10-3-4-12-40(38)44-28-33(20-21-41(39)44)30-15-16-31-26-36-27-34(18-17-32(36)25-35(31)24-30)46-42-13-5-6-14-45(42)50-48-43(46)22-19-29-8-7-23-49-47(29)48;1-2-14-31-29(12-1)30-13-3-4-15-32(30)36-24-27(19-20-33(31)36)26-9-7-10-28(23-26)38-34-16-5-6-17-37(34)42-40-35(38)21-18-25-11-8-22-41-39(25)40/h2*1-28H;1-24H. The molecule has 142 heavy (non-hydrogen) atoms. The fourth-order valence-corrected chi connectivity index (χ4v) is 23.5. The normalized spacial score (nSPS) is 11.9. The predicted molar refractivity (Wildman–Crippen MR) is 604 cm³/mol. The van der Waals surface area contributed by atoms with Gasteiger partial charge in [0.15, 0.2) is 0 Å². The van der Waals surface area contributed by atoms with Crippen molar-refractivity contribution >= 4 is 238 Å². The van der Waals surface area contributed by atoms with Gasteiger partial charge in [-0.25, -0.2) is 15.0 Å². The highest BCUT2D eigenvalue weighted by atomic mass is 14.8. The van der Waals surface area contributed by atoms with Gasteiger partial charge < -0.3 is 0 Å². The van der Waals surface area contributed by atoms with E-state index in [9.17, 15) is 0 Å². The molecule has 0 aliphatic rings. The summed E-state index contributed by atoms with van der Waals surface area (Å²) in [5.74, 6) is 0. The Morgan fingerprint density at radius 3 is 0.711 bits per heavy atom. The Kier molecular flexibility index (Phi) is 18.3. The van der Waals surface area contributed by atoms with Crippen LogP contribution in [0.4, 0.5) is 0 Å². The molecule has 0 saturated carbocycles. The van der Waals surface area contributed by atoms with E-state index in [0.717, 1.165) is 98.1 Å². The molecule has 0 atom stereocenters. The van der Waals surface area contributed by atoms with Crippen molar-refractivity contribution in [2.24, 2.45) is 0 Å². The van der Waals surface area contributed by atoms with Crippen LogP contribution in [0, 0.1) is 0 Å². The third-order valence-corrected chi connectivity index (χ3v) is 29.9. The first-order valence-electron chi connectivity index (χ1n) is 48.7. The monoisotopic (exact) mass is 1800 g/mol. The molecule has 0 bridgehead atoms. The summed E-state index contributed by atoms with van der Waals surface area (Å²) in [7, 11) is 0. The van der Waals surface area contributed by atoms with E-state index in [1.807, 2.05) is 36.8 Å². The summed E-state index contributed by atoms with van der Waals surface area (Å²) in [5, 5.41) is 43.2. The second kappa shape index (κ2) is 32.4. The van der Waals surface area contributed by atoms with Crippen molar-refractivity contribution in [1.82, 2.24) is 29.9 Å². The molecule has 6 heterocycles. The molecule has 0 fully saturated rings. The first kappa shape index (κ1) is 80.4. The molecule has 0 N–H and O–H groups in total. The maximum absolute atomic E-state index is 5.23. The third kappa shape index (κ3) is 12.8. The molecular weight excluding hydrogens is 1720 g/mol. The van der Waals surface area contributed by atoms with Crippen LogP contribution in [-0.2, 0) is 0 Å². The summed E-state index contributed by atoms with van der Waals surface area (Å²) in [6.07, 6.45) is 5.58. The van der Waals surface area contributed by atoms with Crippen LogP contribution in [0.15, 0.2) is 486 Å². The maximum atomic E-state index is 5.23. The molecule has 31 rings (SSSR count). The minimum atomic E-state index is 0.929. The maximum Gasteiger partial charge on any atom is 0.0978 e. The number of benzene rings is 25. The Morgan fingerprint density at radius 2 is 0.331 bits per heavy atom. The number of rotatable bonds is 6. The first-order valence-corrected chi connectivity index (χ1v) is 48.7. The molecule has 0 spiro atoms. The topological polar surface area (TPSA) is 77.3 Å². The van der Waals surface area contributed by atoms with Crippen molar-refractivity contribution in [1.29, 1.82) is 0 Å². The molecule has 31 aromatic rings. The number of hydrogen-bond donors (Lipinski definition) is 0. The lowest BCUT2D eigenvalue weighted by Gasteiger charge is -2.20. The summed E-state index contributed by atoms with van der Waals surface area (Å²) in [6.45, 7) is 0. The molecule has 0 unspecified atom stereocenters. The van der Waals surface area contributed by atoms with Crippen LogP contribution < -0.4 is 0 Å². The molecule has 0 aliphatic heterocycles. The predicted octanol–water partition coefficient (Wildman–Crippen LogP) is 36.8. The van der Waals surface area contributed by atoms with Crippen molar-refractivity contribution in [3.63, 3.8) is 0 Å². The fraction of sp³-hybridized carbons (Fsp3) is 0. The van der Waals surface area contributed by atoms with Gasteiger partial charge in [0, 0.05) is 83.8 Å². The Hall–Kier alpha value is -18.9. The lowest BCUT2D eigenvalue weighted by Crippen LogP contribution is -1.95. The summed E-state index contributed by atoms with van der Waals surface area (Å²) < 4.78 is 0. The molecule has 0 saturated heterocycles. The lowest BCUT2D eigenvalue weighted by molar-refractivity contribution is 1.40. The number of fused-ring (bicyclic) bond motifs is 34. The Morgan fingerprint density at radius 1 is 0.106 bits per heavy atom. The van der Waals surface area contributed by atoms with E-state index in [1.54, 1.807) is 0 Å². The van der Waals surface area contributed by atoms with Gasteiger partial charge in [-0.05, 0) is 275 Å². The molecule has 0 radical (unpaired) electrons. The van der Waals surface area contributed by atoms with Crippen LogP contribution in [0.1, 0.15) is 0 Å². The second-order valence-corrected chi connectivity index (χ2v) is 37.6. The Bertz CT molecular complexity index is 10700. The van der Waals surface area contributed by atoms with E-state index < -0.39 is 0 Å². The number of hydrogen-bond acceptors (Lipinski definition) is 6. The molecule has 0 aliphatic carbocycles. The van der Waals surface area contributed by atoms with Gasteiger partial charge in [0.2, 0.25) is 0 Å². The SMILES string of the molecule is c1cc(-c2ccc3c4ccccc4c4ccccc4c3c2)cc(-c2c3ccccc3nc3c2ccc2cccnc23)c1.c1cnc2c(c1)ccc1c(-c3c4ccccc4c(-c4ccc5c6ccccc6c6ccccc6c5c4)c4ccccc34)c3ccccc3nc12.c1cnc2c(c1)ccc1c(-c3ccc4cc5cc(-c6ccc7c8ccccc8c8ccccc8c7c6)ccc5cc4c3)c3ccccc3nc12. The molecule has 25 aromatic carbocycles. The highest BCUT2D eigenvalue weighted by Gasteiger charge is 2.26. The summed E-state index contributed by atoms with van der Waals surface area (Å²) in [6, 6.07) is 170. The van der Waals surface area contributed by atoms with E-state index in [2.05, 4.69) is 449 Å². The number of para-hydroxylation sites is 3. The zero-order valence-electron chi connectivity index (χ0n) is 76.9. The quantitative estimate of drug-likeness (QED) is 0.122. The largest absolute Gasteiger partial charge is 0.254 e. The van der Waals surface area contributed by atoms with E-state index in [4.69, 9.17) is 29.9 Å². The van der Waals surface area contributed by atoms with Gasteiger partial charge in [0.25, 0.3) is 0 Å². The average Bonchev–Trinajstić information content (AvgIpc) is 0.707. The van der Waals surface area contributed by atoms with Crippen molar-refractivity contribution in [2.75, 3.05) is 0 Å². The number of nitrogens with zero attached hydrogens (tertiary/aromatic N) is 6. The van der Waals surface area contributed by atoms with E-state index in [0.29, 0.717) is 0 Å². The molecular formula is C136H80N6. The van der Waals surface area contributed by atoms with Crippen LogP contribution in [-0.4, -0.2) is 29.9 Å². The van der Waals surface area contributed by atoms with E-state index in [1.165, 1.54) is 207 Å². The smallest absolute Gasteiger partial charge is 0.0978 e. The molecule has 6 heteroatoms. The van der Waals surface area contributed by atoms with Crippen LogP contribution in [0.25, 0.3) is 305 Å². The number of aromatic nitrogens is 6.